The van der Waals surface area contributed by atoms with Crippen LogP contribution in [0.1, 0.15) is 24.8 Å². The van der Waals surface area contributed by atoms with Gasteiger partial charge in [-0.2, -0.15) is 0 Å². The molecule has 2 nitrogen and oxygen atoms in total. The molecule has 0 radical (unpaired) electrons. The molecule has 4 heteroatoms. The fraction of sp³-hybridized carbons (Fsp3) is 0.455. The molecule has 0 heterocycles. The number of hydrogen-bond donors (Lipinski definition) is 2. The molecular weight excluding hydrogens is 261 g/mol. The third-order valence-electron chi connectivity index (χ3n) is 2.31. The van der Waals surface area contributed by atoms with E-state index >= 15 is 0 Å². The average Bonchev–Trinajstić information content (AvgIpc) is 2.18. The van der Waals surface area contributed by atoms with Gasteiger partial charge in [0, 0.05) is 4.47 Å². The lowest BCUT2D eigenvalue weighted by molar-refractivity contribution is 0.175. The summed E-state index contributed by atoms with van der Waals surface area (Å²) in [7, 11) is 0. The fourth-order valence-corrected chi connectivity index (χ4v) is 2.16. The lowest BCUT2D eigenvalue weighted by Crippen LogP contribution is -2.18. The van der Waals surface area contributed by atoms with E-state index in [9.17, 15) is 9.50 Å². The Bertz CT molecular complexity index is 330. The van der Waals surface area contributed by atoms with E-state index < -0.39 is 6.10 Å². The van der Waals surface area contributed by atoms with Crippen LogP contribution in [-0.2, 0) is 0 Å². The van der Waals surface area contributed by atoms with Gasteiger partial charge in [0.2, 0.25) is 0 Å². The van der Waals surface area contributed by atoms with Gasteiger partial charge in [0.1, 0.15) is 5.82 Å². The highest BCUT2D eigenvalue weighted by molar-refractivity contribution is 9.10. The number of hydrogen-bond acceptors (Lipinski definition) is 2. The molecule has 0 aliphatic heterocycles. The van der Waals surface area contributed by atoms with Crippen LogP contribution < -0.4 is 5.73 Å². The number of aliphatic hydroxyl groups excluding tert-OH is 1. The number of nitrogens with two attached hydrogens (primary N) is 1. The van der Waals surface area contributed by atoms with Gasteiger partial charge in [-0.15, -0.1) is 0 Å². The van der Waals surface area contributed by atoms with Gasteiger partial charge in [-0.25, -0.2) is 4.39 Å². The zero-order valence-corrected chi connectivity index (χ0v) is 10.2. The molecule has 0 amide bonds. The van der Waals surface area contributed by atoms with Crippen molar-refractivity contribution in [2.45, 2.75) is 25.4 Å². The highest BCUT2D eigenvalue weighted by Gasteiger charge is 2.15. The molecule has 0 aliphatic rings. The summed E-state index contributed by atoms with van der Waals surface area (Å²) >= 11 is 3.36. The number of benzene rings is 1. The summed E-state index contributed by atoms with van der Waals surface area (Å²) in [6.07, 6.45) is 0.104. The first-order valence-corrected chi connectivity index (χ1v) is 5.67. The molecule has 2 atom stereocenters. The molecule has 0 aliphatic carbocycles. The molecular formula is C11H15BrFNO. The van der Waals surface area contributed by atoms with Crippen molar-refractivity contribution in [3.63, 3.8) is 0 Å². The monoisotopic (exact) mass is 275 g/mol. The first-order chi connectivity index (χ1) is 7.04. The molecule has 84 valence electrons. The van der Waals surface area contributed by atoms with E-state index in [1.807, 2.05) is 0 Å². The van der Waals surface area contributed by atoms with Crippen LogP contribution in [0.4, 0.5) is 4.39 Å². The van der Waals surface area contributed by atoms with Crippen LogP contribution >= 0.6 is 15.9 Å². The summed E-state index contributed by atoms with van der Waals surface area (Å²) < 4.78 is 13.9. The van der Waals surface area contributed by atoms with Crippen molar-refractivity contribution in [3.8, 4) is 0 Å². The van der Waals surface area contributed by atoms with Crippen molar-refractivity contribution in [2.24, 2.45) is 5.73 Å². The zero-order valence-electron chi connectivity index (χ0n) is 8.58. The summed E-state index contributed by atoms with van der Waals surface area (Å²) in [6, 6.07) is 4.52. The Labute approximate surface area is 97.4 Å². The van der Waals surface area contributed by atoms with Crippen LogP contribution in [0.2, 0.25) is 0 Å². The number of aliphatic hydroxyl groups is 1. The van der Waals surface area contributed by atoms with E-state index in [-0.39, 0.29) is 11.7 Å². The van der Waals surface area contributed by atoms with Crippen LogP contribution in [0, 0.1) is 5.82 Å². The van der Waals surface area contributed by atoms with E-state index in [1.54, 1.807) is 13.0 Å². The highest BCUT2D eigenvalue weighted by atomic mass is 79.9. The predicted octanol–water partition coefficient (Wildman–Crippen LogP) is 2.40. The number of rotatable bonds is 4. The van der Waals surface area contributed by atoms with Crippen LogP contribution in [0.3, 0.4) is 0 Å². The van der Waals surface area contributed by atoms with E-state index in [2.05, 4.69) is 15.9 Å². The maximum Gasteiger partial charge on any atom is 0.123 e. The standard InChI is InChI=1S/C11H15BrFNO/c1-7(15)4-8(6-14)10-5-9(13)2-3-11(10)12/h2-3,5,7-8,15H,4,6,14H2,1H3. The second-order valence-corrected chi connectivity index (χ2v) is 4.54. The van der Waals surface area contributed by atoms with Gasteiger partial charge < -0.3 is 10.8 Å². The molecule has 0 bridgehead atoms. The predicted molar refractivity (Wildman–Crippen MR) is 62.2 cm³/mol. The Hall–Kier alpha value is -0.450. The van der Waals surface area contributed by atoms with E-state index in [1.165, 1.54) is 12.1 Å². The summed E-state index contributed by atoms with van der Waals surface area (Å²) in [4.78, 5) is 0. The van der Waals surface area contributed by atoms with Crippen molar-refractivity contribution in [1.29, 1.82) is 0 Å². The van der Waals surface area contributed by atoms with Gasteiger partial charge >= 0.3 is 0 Å². The Kier molecular flexibility index (Phi) is 4.70. The van der Waals surface area contributed by atoms with Gasteiger partial charge in [-0.1, -0.05) is 15.9 Å². The SMILES string of the molecule is CC(O)CC(CN)c1cc(F)ccc1Br. The van der Waals surface area contributed by atoms with E-state index in [0.717, 1.165) is 10.0 Å². The van der Waals surface area contributed by atoms with Crippen molar-refractivity contribution in [1.82, 2.24) is 0 Å². The Morgan fingerprint density at radius 2 is 2.20 bits per heavy atom. The minimum atomic E-state index is -0.436. The Morgan fingerprint density at radius 1 is 1.53 bits per heavy atom. The Morgan fingerprint density at radius 3 is 2.73 bits per heavy atom. The molecule has 0 spiro atoms. The Balaban J connectivity index is 2.95. The molecule has 3 N–H and O–H groups in total. The molecule has 1 aromatic carbocycles. The first kappa shape index (κ1) is 12.6. The smallest absolute Gasteiger partial charge is 0.123 e. The molecule has 0 aromatic heterocycles. The van der Waals surface area contributed by atoms with E-state index in [0.29, 0.717) is 13.0 Å². The summed E-state index contributed by atoms with van der Waals surface area (Å²) in [6.45, 7) is 2.10. The van der Waals surface area contributed by atoms with Gasteiger partial charge in [0.05, 0.1) is 6.10 Å². The van der Waals surface area contributed by atoms with Crippen LogP contribution in [0.5, 0.6) is 0 Å². The fourth-order valence-electron chi connectivity index (χ4n) is 1.59. The molecule has 1 aromatic rings. The lowest BCUT2D eigenvalue weighted by atomic mass is 9.93. The van der Waals surface area contributed by atoms with Gasteiger partial charge in [-0.05, 0) is 49.6 Å². The van der Waals surface area contributed by atoms with Gasteiger partial charge in [0.25, 0.3) is 0 Å². The quantitative estimate of drug-likeness (QED) is 0.887. The first-order valence-electron chi connectivity index (χ1n) is 4.87. The third-order valence-corrected chi connectivity index (χ3v) is 3.03. The zero-order chi connectivity index (χ0) is 11.4. The van der Waals surface area contributed by atoms with Gasteiger partial charge in [-0.3, -0.25) is 0 Å². The molecule has 0 fully saturated rings. The third kappa shape index (κ3) is 3.55. The van der Waals surface area contributed by atoms with Gasteiger partial charge in [0.15, 0.2) is 0 Å². The maximum absolute atomic E-state index is 13.1. The van der Waals surface area contributed by atoms with E-state index in [4.69, 9.17) is 5.73 Å². The summed E-state index contributed by atoms with van der Waals surface area (Å²) in [5.74, 6) is -0.299. The maximum atomic E-state index is 13.1. The van der Waals surface area contributed by atoms with Crippen molar-refractivity contribution < 1.29 is 9.50 Å². The largest absolute Gasteiger partial charge is 0.393 e. The molecule has 1 rings (SSSR count). The highest BCUT2D eigenvalue weighted by Crippen LogP contribution is 2.28. The second-order valence-electron chi connectivity index (χ2n) is 3.68. The molecule has 0 saturated carbocycles. The van der Waals surface area contributed by atoms with Crippen LogP contribution in [0.15, 0.2) is 22.7 Å². The summed E-state index contributed by atoms with van der Waals surface area (Å²) in [5, 5.41) is 9.31. The lowest BCUT2D eigenvalue weighted by Gasteiger charge is -2.18. The molecule has 2 unspecified atom stereocenters. The minimum absolute atomic E-state index is 0.0184. The van der Waals surface area contributed by atoms with Crippen molar-refractivity contribution in [2.75, 3.05) is 6.54 Å². The molecule has 0 saturated heterocycles. The number of halogens is 2. The normalized spacial score (nSPS) is 15.0. The topological polar surface area (TPSA) is 46.2 Å². The summed E-state index contributed by atoms with van der Waals surface area (Å²) in [5.41, 5.74) is 6.44. The van der Waals surface area contributed by atoms with Crippen LogP contribution in [-0.4, -0.2) is 17.8 Å². The van der Waals surface area contributed by atoms with Crippen molar-refractivity contribution in [3.05, 3.63) is 34.1 Å². The minimum Gasteiger partial charge on any atom is -0.393 e. The average molecular weight is 276 g/mol. The molecule has 15 heavy (non-hydrogen) atoms. The second kappa shape index (κ2) is 5.58. The van der Waals surface area contributed by atoms with Crippen molar-refractivity contribution >= 4 is 15.9 Å². The van der Waals surface area contributed by atoms with Crippen LogP contribution in [0.25, 0.3) is 0 Å².